The molecule has 8 heteroatoms. The predicted octanol–water partition coefficient (Wildman–Crippen LogP) is 1.97. The molecule has 3 aliphatic heterocycles. The van der Waals surface area contributed by atoms with E-state index in [1.807, 2.05) is 26.0 Å². The van der Waals surface area contributed by atoms with Crippen molar-refractivity contribution in [3.8, 4) is 0 Å². The lowest BCUT2D eigenvalue weighted by Crippen LogP contribution is -2.42. The molecule has 7 nitrogen and oxygen atoms in total. The second-order valence-electron chi connectivity index (χ2n) is 8.33. The van der Waals surface area contributed by atoms with Crippen LogP contribution < -0.4 is 5.32 Å². The number of nitrogens with one attached hydrogen (secondary N) is 1. The molecule has 1 aromatic carbocycles. The number of likely N-dealkylation sites (tertiary alicyclic amines) is 1. The highest BCUT2D eigenvalue weighted by Crippen LogP contribution is 2.54. The van der Waals surface area contributed by atoms with Crippen LogP contribution in [0.3, 0.4) is 0 Å². The molecule has 3 saturated heterocycles. The van der Waals surface area contributed by atoms with Gasteiger partial charge in [0, 0.05) is 44.6 Å². The number of hydrogen-bond acceptors (Lipinski definition) is 5. The van der Waals surface area contributed by atoms with Crippen molar-refractivity contribution in [1.82, 2.24) is 10.2 Å². The molecule has 4 rings (SSSR count). The molecule has 0 aromatic heterocycles. The van der Waals surface area contributed by atoms with E-state index in [1.54, 1.807) is 6.07 Å². The van der Waals surface area contributed by atoms with Crippen LogP contribution in [0.4, 0.5) is 4.39 Å². The zero-order valence-corrected chi connectivity index (χ0v) is 17.6. The van der Waals surface area contributed by atoms with E-state index in [1.165, 1.54) is 0 Å². The summed E-state index contributed by atoms with van der Waals surface area (Å²) in [6, 6.07) is 5.36. The van der Waals surface area contributed by atoms with Crippen molar-refractivity contribution in [2.24, 2.45) is 11.8 Å². The Bertz CT molecular complexity index is 761. The number of halogens is 1. The minimum absolute atomic E-state index is 0.0506. The number of hydrogen-bond donors (Lipinski definition) is 2. The highest BCUT2D eigenvalue weighted by molar-refractivity contribution is 5.77. The Hall–Kier alpha value is -2.03. The maximum Gasteiger partial charge on any atom is 0.290 e. The van der Waals surface area contributed by atoms with Gasteiger partial charge in [-0.3, -0.25) is 14.5 Å². The number of benzene rings is 1. The highest BCUT2D eigenvalue weighted by Gasteiger charge is 2.62. The second-order valence-corrected chi connectivity index (χ2v) is 8.33. The van der Waals surface area contributed by atoms with Gasteiger partial charge < -0.3 is 19.9 Å². The largest absolute Gasteiger partial charge is 0.483 e. The number of carbonyl (C=O) groups is 2. The number of rotatable bonds is 7. The fraction of sp³-hybridized carbons (Fsp3) is 0.636. The zero-order valence-electron chi connectivity index (χ0n) is 17.6. The molecule has 0 aliphatic carbocycles. The van der Waals surface area contributed by atoms with E-state index >= 15 is 0 Å². The smallest absolute Gasteiger partial charge is 0.290 e. The van der Waals surface area contributed by atoms with E-state index in [0.717, 1.165) is 38.0 Å². The molecule has 3 heterocycles. The number of nitrogens with zero attached hydrogens (tertiary/aromatic N) is 1. The molecule has 0 radical (unpaired) electrons. The predicted molar refractivity (Wildman–Crippen MR) is 108 cm³/mol. The van der Waals surface area contributed by atoms with Crippen molar-refractivity contribution in [3.63, 3.8) is 0 Å². The Labute approximate surface area is 176 Å². The first-order chi connectivity index (χ1) is 14.4. The van der Waals surface area contributed by atoms with Crippen molar-refractivity contribution >= 4 is 12.4 Å². The molecule has 3 fully saturated rings. The summed E-state index contributed by atoms with van der Waals surface area (Å²) in [6.45, 7) is 7.49. The molecule has 4 atom stereocenters. The molecule has 0 saturated carbocycles. The number of carbonyl (C=O) groups excluding carboxylic acids is 1. The average Bonchev–Trinajstić information content (AvgIpc) is 3.36. The van der Waals surface area contributed by atoms with Crippen LogP contribution in [0.2, 0.25) is 0 Å². The number of ether oxygens (including phenoxy) is 2. The Balaban J connectivity index is 0.000000806. The van der Waals surface area contributed by atoms with Crippen LogP contribution in [0.5, 0.6) is 0 Å². The summed E-state index contributed by atoms with van der Waals surface area (Å²) in [6.07, 6.45) is 2.44. The molecular weight excluding hydrogens is 391 g/mol. The SMILES string of the molecule is CCOCC(=O)NC[C@H]1[C@H]2CN(Cc3ccc(F)c(C)c3)C[C@]23CC[C@H]1O3.O=CO. The first kappa shape index (κ1) is 22.7. The van der Waals surface area contributed by atoms with Crippen LogP contribution in [0, 0.1) is 24.6 Å². The normalized spacial score (nSPS) is 29.2. The lowest BCUT2D eigenvalue weighted by molar-refractivity contribution is -0.126. The maximum absolute atomic E-state index is 13.5. The van der Waals surface area contributed by atoms with Crippen LogP contribution in [0.25, 0.3) is 0 Å². The summed E-state index contributed by atoms with van der Waals surface area (Å²) in [5, 5.41) is 9.92. The fourth-order valence-corrected chi connectivity index (χ4v) is 5.22. The van der Waals surface area contributed by atoms with Gasteiger partial charge in [0.05, 0.1) is 11.7 Å². The molecule has 2 bridgehead atoms. The third-order valence-corrected chi connectivity index (χ3v) is 6.46. The molecule has 2 N–H and O–H groups in total. The first-order valence-corrected chi connectivity index (χ1v) is 10.5. The Kier molecular flexibility index (Phi) is 7.44. The Morgan fingerprint density at radius 1 is 1.50 bits per heavy atom. The molecule has 1 aromatic rings. The van der Waals surface area contributed by atoms with Crippen LogP contribution in [0.15, 0.2) is 18.2 Å². The number of carboxylic acid groups (broad SMARTS) is 1. The van der Waals surface area contributed by atoms with E-state index in [2.05, 4.69) is 10.2 Å². The maximum atomic E-state index is 13.5. The topological polar surface area (TPSA) is 88.1 Å². The van der Waals surface area contributed by atoms with Crippen molar-refractivity contribution in [1.29, 1.82) is 0 Å². The number of aryl methyl sites for hydroxylation is 1. The summed E-state index contributed by atoms with van der Waals surface area (Å²) in [7, 11) is 0. The van der Waals surface area contributed by atoms with Gasteiger partial charge in [-0.25, -0.2) is 4.39 Å². The van der Waals surface area contributed by atoms with Gasteiger partial charge in [0.2, 0.25) is 5.91 Å². The van der Waals surface area contributed by atoms with Gasteiger partial charge in [0.1, 0.15) is 12.4 Å². The summed E-state index contributed by atoms with van der Waals surface area (Å²) in [5.74, 6) is 0.611. The lowest BCUT2D eigenvalue weighted by Gasteiger charge is -2.29. The van der Waals surface area contributed by atoms with Crippen LogP contribution in [-0.4, -0.2) is 66.9 Å². The van der Waals surface area contributed by atoms with Crippen LogP contribution in [0.1, 0.15) is 30.9 Å². The third kappa shape index (κ3) is 4.82. The van der Waals surface area contributed by atoms with E-state index in [-0.39, 0.29) is 36.5 Å². The minimum Gasteiger partial charge on any atom is -0.483 e. The highest BCUT2D eigenvalue weighted by atomic mass is 19.1. The first-order valence-electron chi connectivity index (χ1n) is 10.5. The van der Waals surface area contributed by atoms with Gasteiger partial charge >= 0.3 is 0 Å². The molecule has 1 spiro atoms. The fourth-order valence-electron chi connectivity index (χ4n) is 5.22. The molecule has 30 heavy (non-hydrogen) atoms. The van der Waals surface area contributed by atoms with Crippen molar-refractivity contribution in [3.05, 3.63) is 35.1 Å². The van der Waals surface area contributed by atoms with Gasteiger partial charge in [-0.05, 0) is 43.9 Å². The van der Waals surface area contributed by atoms with Crippen molar-refractivity contribution in [2.45, 2.75) is 44.9 Å². The van der Waals surface area contributed by atoms with E-state index in [0.29, 0.717) is 30.6 Å². The lowest BCUT2D eigenvalue weighted by atomic mass is 9.73. The summed E-state index contributed by atoms with van der Waals surface area (Å²) >= 11 is 0. The van der Waals surface area contributed by atoms with Gasteiger partial charge in [0.15, 0.2) is 0 Å². The molecular formula is C22H31FN2O5. The molecule has 1 amide bonds. The average molecular weight is 422 g/mol. The van der Waals surface area contributed by atoms with Gasteiger partial charge in [-0.1, -0.05) is 12.1 Å². The van der Waals surface area contributed by atoms with Crippen molar-refractivity contribution < 1.29 is 28.6 Å². The van der Waals surface area contributed by atoms with Crippen LogP contribution in [-0.2, 0) is 25.6 Å². The minimum atomic E-state index is -0.250. The summed E-state index contributed by atoms with van der Waals surface area (Å²) < 4.78 is 25.1. The van der Waals surface area contributed by atoms with Gasteiger partial charge in [0.25, 0.3) is 6.47 Å². The van der Waals surface area contributed by atoms with Gasteiger partial charge in [-0.2, -0.15) is 0 Å². The molecule has 3 aliphatic rings. The standard InChI is InChI=1S/C21H29FN2O3.CH2O2/c1-3-26-12-20(25)23-9-16-17-11-24(13-21(17)7-6-19(16)27-21)10-15-4-5-18(22)14(2)8-15;2-1-3/h4-5,8,16-17,19H,3,6-7,9-13H2,1-2H3,(H,23,25);1H,(H,2,3)/t16-,17+,19+,21+;/m0./s1. The second kappa shape index (κ2) is 9.85. The summed E-state index contributed by atoms with van der Waals surface area (Å²) in [5.41, 5.74) is 1.77. The number of fused-ring (bicyclic) bond motifs is 1. The van der Waals surface area contributed by atoms with E-state index < -0.39 is 0 Å². The third-order valence-electron chi connectivity index (χ3n) is 6.46. The number of amides is 1. The molecule has 0 unspecified atom stereocenters. The Morgan fingerprint density at radius 3 is 2.97 bits per heavy atom. The monoisotopic (exact) mass is 422 g/mol. The van der Waals surface area contributed by atoms with Gasteiger partial charge in [-0.15, -0.1) is 0 Å². The zero-order chi connectivity index (χ0) is 21.7. The molecule has 166 valence electrons. The van der Waals surface area contributed by atoms with Crippen LogP contribution >= 0.6 is 0 Å². The summed E-state index contributed by atoms with van der Waals surface area (Å²) in [4.78, 5) is 22.7. The van der Waals surface area contributed by atoms with E-state index in [4.69, 9.17) is 19.4 Å². The Morgan fingerprint density at radius 2 is 2.27 bits per heavy atom. The van der Waals surface area contributed by atoms with E-state index in [9.17, 15) is 9.18 Å². The quantitative estimate of drug-likeness (QED) is 0.654. The van der Waals surface area contributed by atoms with Crippen molar-refractivity contribution in [2.75, 3.05) is 32.8 Å².